The van der Waals surface area contributed by atoms with E-state index in [0.717, 1.165) is 12.4 Å². The summed E-state index contributed by atoms with van der Waals surface area (Å²) < 4.78 is 4.85. The van der Waals surface area contributed by atoms with E-state index in [9.17, 15) is 0 Å². The first-order valence-corrected chi connectivity index (χ1v) is 3.34. The van der Waals surface area contributed by atoms with Gasteiger partial charge in [-0.15, -0.1) is 0 Å². The molecule has 0 aromatic carbocycles. The zero-order chi connectivity index (χ0) is 7.94. The van der Waals surface area contributed by atoms with Gasteiger partial charge >= 0.3 is 0 Å². The van der Waals surface area contributed by atoms with Gasteiger partial charge in [0.15, 0.2) is 0 Å². The first kappa shape index (κ1) is 7.94. The Morgan fingerprint density at radius 2 is 2.64 bits per heavy atom. The smallest absolute Gasteiger partial charge is 0.144 e. The van der Waals surface area contributed by atoms with E-state index >= 15 is 0 Å². The maximum Gasteiger partial charge on any atom is 0.144 e. The van der Waals surface area contributed by atoms with Gasteiger partial charge in [-0.2, -0.15) is 0 Å². The number of hydrogen-bond donors (Lipinski definition) is 1. The van der Waals surface area contributed by atoms with Crippen LogP contribution in [0.5, 0.6) is 0 Å². The molecule has 1 rings (SSSR count). The number of nitrogens with one attached hydrogen (secondary N) is 1. The Morgan fingerprint density at radius 3 is 3.27 bits per heavy atom. The zero-order valence-corrected chi connectivity index (χ0v) is 6.37. The van der Waals surface area contributed by atoms with Crippen LogP contribution in [0.2, 0.25) is 0 Å². The molecule has 0 aliphatic heterocycles. The first-order valence-electron chi connectivity index (χ1n) is 3.34. The van der Waals surface area contributed by atoms with Gasteiger partial charge in [-0.25, -0.2) is 9.97 Å². The van der Waals surface area contributed by atoms with Gasteiger partial charge in [-0.1, -0.05) is 0 Å². The minimum atomic E-state index is 0.667. The van der Waals surface area contributed by atoms with Crippen molar-refractivity contribution >= 4 is 5.82 Å². The highest BCUT2D eigenvalue weighted by Gasteiger charge is 1.89. The molecule has 1 heterocycles. The third kappa shape index (κ3) is 2.95. The van der Waals surface area contributed by atoms with Crippen molar-refractivity contribution in [2.45, 2.75) is 0 Å². The van der Waals surface area contributed by atoms with Crippen LogP contribution >= 0.6 is 0 Å². The number of ether oxygens (including phenoxy) is 1. The summed E-state index contributed by atoms with van der Waals surface area (Å²) >= 11 is 0. The van der Waals surface area contributed by atoms with Gasteiger partial charge in [0.1, 0.15) is 12.0 Å². The Hall–Kier alpha value is -1.16. The minimum absolute atomic E-state index is 0.667. The van der Waals surface area contributed by atoms with Crippen molar-refractivity contribution in [2.75, 3.05) is 25.6 Å². The van der Waals surface area contributed by atoms with E-state index in [1.165, 1.54) is 6.20 Å². The normalized spacial score (nSPS) is 9.55. The second kappa shape index (κ2) is 4.62. The third-order valence-electron chi connectivity index (χ3n) is 1.14. The van der Waals surface area contributed by atoms with Crippen LogP contribution in [0.15, 0.2) is 12.4 Å². The average Bonchev–Trinajstić information content (AvgIpc) is 2.07. The van der Waals surface area contributed by atoms with Crippen LogP contribution < -0.4 is 5.32 Å². The monoisotopic (exact) mass is 152 g/mol. The van der Waals surface area contributed by atoms with E-state index in [4.69, 9.17) is 4.74 Å². The van der Waals surface area contributed by atoms with Gasteiger partial charge in [-0.05, 0) is 0 Å². The Morgan fingerprint density at radius 1 is 1.73 bits per heavy atom. The molecular formula is C7H10N3O. The predicted octanol–water partition coefficient (Wildman–Crippen LogP) is 0.335. The lowest BCUT2D eigenvalue weighted by Crippen LogP contribution is -2.08. The molecule has 0 fully saturated rings. The third-order valence-corrected chi connectivity index (χ3v) is 1.14. The lowest BCUT2D eigenvalue weighted by molar-refractivity contribution is 0.210. The number of hydrogen-bond acceptors (Lipinski definition) is 4. The zero-order valence-electron chi connectivity index (χ0n) is 6.37. The van der Waals surface area contributed by atoms with E-state index in [-0.39, 0.29) is 0 Å². The highest BCUT2D eigenvalue weighted by Crippen LogP contribution is 1.94. The topological polar surface area (TPSA) is 47.0 Å². The van der Waals surface area contributed by atoms with Crippen LogP contribution in [0.1, 0.15) is 0 Å². The largest absolute Gasteiger partial charge is 0.383 e. The van der Waals surface area contributed by atoms with Crippen molar-refractivity contribution in [1.29, 1.82) is 0 Å². The summed E-state index contributed by atoms with van der Waals surface area (Å²) in [5.74, 6) is 0.751. The predicted molar refractivity (Wildman–Crippen MR) is 41.2 cm³/mol. The van der Waals surface area contributed by atoms with Crippen molar-refractivity contribution in [1.82, 2.24) is 9.97 Å². The first-order chi connectivity index (χ1) is 5.43. The Balaban J connectivity index is 2.28. The molecule has 4 heteroatoms. The van der Waals surface area contributed by atoms with Gasteiger partial charge in [0.05, 0.1) is 19.0 Å². The minimum Gasteiger partial charge on any atom is -0.383 e. The molecule has 4 nitrogen and oxygen atoms in total. The van der Waals surface area contributed by atoms with Crippen molar-refractivity contribution in [2.24, 2.45) is 0 Å². The van der Waals surface area contributed by atoms with Crippen LogP contribution in [0.3, 0.4) is 0 Å². The highest BCUT2D eigenvalue weighted by molar-refractivity contribution is 5.29. The number of nitrogens with zero attached hydrogens (tertiary/aromatic N) is 2. The summed E-state index contributed by atoms with van der Waals surface area (Å²) in [6.07, 6.45) is 5.73. The molecule has 0 bridgehead atoms. The average molecular weight is 152 g/mol. The number of anilines is 1. The molecule has 0 unspecified atom stereocenters. The van der Waals surface area contributed by atoms with Crippen LogP contribution in [-0.2, 0) is 4.74 Å². The van der Waals surface area contributed by atoms with Crippen LogP contribution in [0, 0.1) is 6.20 Å². The van der Waals surface area contributed by atoms with Crippen molar-refractivity contribution in [3.63, 3.8) is 0 Å². The van der Waals surface area contributed by atoms with E-state index < -0.39 is 0 Å². The van der Waals surface area contributed by atoms with Gasteiger partial charge in [0.2, 0.25) is 0 Å². The molecule has 59 valence electrons. The van der Waals surface area contributed by atoms with Crippen molar-refractivity contribution in [3.05, 3.63) is 18.6 Å². The molecule has 0 saturated carbocycles. The second-order valence-corrected chi connectivity index (χ2v) is 1.95. The van der Waals surface area contributed by atoms with Crippen LogP contribution in [-0.4, -0.2) is 30.2 Å². The summed E-state index contributed by atoms with van der Waals surface area (Å²) in [6, 6.07) is 0. The molecule has 1 radical (unpaired) electrons. The molecule has 1 aromatic rings. The summed E-state index contributed by atoms with van der Waals surface area (Å²) in [6.45, 7) is 1.41. The van der Waals surface area contributed by atoms with E-state index in [0.29, 0.717) is 6.61 Å². The van der Waals surface area contributed by atoms with E-state index in [2.05, 4.69) is 21.5 Å². The maximum atomic E-state index is 4.85. The molecule has 1 N–H and O–H groups in total. The summed E-state index contributed by atoms with van der Waals surface area (Å²) in [7, 11) is 1.66. The molecule has 1 aromatic heterocycles. The molecule has 0 amide bonds. The maximum absolute atomic E-state index is 4.85. The van der Waals surface area contributed by atoms with Gasteiger partial charge in [0, 0.05) is 13.7 Å². The molecule has 0 atom stereocenters. The summed E-state index contributed by atoms with van der Waals surface area (Å²) in [5.41, 5.74) is 0. The number of rotatable bonds is 4. The summed E-state index contributed by atoms with van der Waals surface area (Å²) in [4.78, 5) is 7.74. The number of methoxy groups -OCH3 is 1. The lowest BCUT2D eigenvalue weighted by atomic mass is 10.6. The van der Waals surface area contributed by atoms with Crippen molar-refractivity contribution < 1.29 is 4.74 Å². The second-order valence-electron chi connectivity index (χ2n) is 1.95. The Bertz CT molecular complexity index is 190. The van der Waals surface area contributed by atoms with Crippen molar-refractivity contribution in [3.8, 4) is 0 Å². The van der Waals surface area contributed by atoms with Gasteiger partial charge in [-0.3, -0.25) is 0 Å². The van der Waals surface area contributed by atoms with Gasteiger partial charge < -0.3 is 10.1 Å². The number of aromatic nitrogens is 2. The molecule has 11 heavy (non-hydrogen) atoms. The molecule has 0 spiro atoms. The molecular weight excluding hydrogens is 142 g/mol. The lowest BCUT2D eigenvalue weighted by Gasteiger charge is -2.01. The quantitative estimate of drug-likeness (QED) is 0.632. The molecule has 0 saturated heterocycles. The fourth-order valence-electron chi connectivity index (χ4n) is 0.636. The van der Waals surface area contributed by atoms with E-state index in [1.54, 1.807) is 13.3 Å². The van der Waals surface area contributed by atoms with E-state index in [1.807, 2.05) is 0 Å². The van der Waals surface area contributed by atoms with Crippen LogP contribution in [0.25, 0.3) is 0 Å². The Labute approximate surface area is 65.6 Å². The Kier molecular flexibility index (Phi) is 3.34. The standard InChI is InChI=1S/C7H10N3O/c1-11-5-4-10-7-6-8-2-3-9-7/h3,6H,4-5H2,1H3,(H,9,10). The van der Waals surface area contributed by atoms with Crippen LogP contribution in [0.4, 0.5) is 5.82 Å². The fraction of sp³-hybridized carbons (Fsp3) is 0.429. The van der Waals surface area contributed by atoms with Gasteiger partial charge in [0.25, 0.3) is 0 Å². The fourth-order valence-corrected chi connectivity index (χ4v) is 0.636. The highest BCUT2D eigenvalue weighted by atomic mass is 16.5. The SMILES string of the molecule is COCCNc1cn[c]cn1. The molecule has 0 aliphatic rings. The molecule has 0 aliphatic carbocycles. The summed E-state index contributed by atoms with van der Waals surface area (Å²) in [5, 5.41) is 3.03.